The number of unbranched alkanes of at least 4 members (excludes halogenated alkanes) is 2. The number of carboxylic acids is 1. The SMILES string of the molecule is N[C@@H](Cc1cc(OCCCCCl)cc(OCCCCCl)c1)C(=O)O. The molecule has 0 saturated carbocycles. The first-order valence-corrected chi connectivity index (χ1v) is 9.13. The van der Waals surface area contributed by atoms with Crippen LogP contribution in [0.1, 0.15) is 31.2 Å². The second kappa shape index (κ2) is 12.2. The Morgan fingerprint density at radius 3 is 1.92 bits per heavy atom. The molecular weight excluding hydrogens is 353 g/mol. The molecule has 136 valence electrons. The Kier molecular flexibility index (Phi) is 10.6. The predicted molar refractivity (Wildman–Crippen MR) is 96.7 cm³/mol. The zero-order chi connectivity index (χ0) is 17.8. The van der Waals surface area contributed by atoms with Gasteiger partial charge < -0.3 is 20.3 Å². The van der Waals surface area contributed by atoms with E-state index in [1.165, 1.54) is 0 Å². The van der Waals surface area contributed by atoms with Crippen LogP contribution in [0, 0.1) is 0 Å². The predicted octanol–water partition coefficient (Wildman–Crippen LogP) is 3.44. The number of alkyl halides is 2. The van der Waals surface area contributed by atoms with E-state index in [9.17, 15) is 4.79 Å². The summed E-state index contributed by atoms with van der Waals surface area (Å²) in [6.07, 6.45) is 3.69. The molecule has 7 heteroatoms. The Hall–Kier alpha value is -1.17. The number of carboxylic acid groups (broad SMARTS) is 1. The van der Waals surface area contributed by atoms with Crippen molar-refractivity contribution in [3.8, 4) is 11.5 Å². The van der Waals surface area contributed by atoms with E-state index < -0.39 is 12.0 Å². The van der Waals surface area contributed by atoms with Crippen LogP contribution >= 0.6 is 23.2 Å². The van der Waals surface area contributed by atoms with Crippen molar-refractivity contribution in [1.82, 2.24) is 0 Å². The number of benzene rings is 1. The highest BCUT2D eigenvalue weighted by atomic mass is 35.5. The summed E-state index contributed by atoms with van der Waals surface area (Å²) in [5.74, 6) is 1.46. The lowest BCUT2D eigenvalue weighted by molar-refractivity contribution is -0.138. The van der Waals surface area contributed by atoms with Gasteiger partial charge in [-0.3, -0.25) is 4.79 Å². The highest BCUT2D eigenvalue weighted by molar-refractivity contribution is 6.18. The second-order valence-electron chi connectivity index (χ2n) is 5.45. The average Bonchev–Trinajstić information content (AvgIpc) is 2.55. The highest BCUT2D eigenvalue weighted by Crippen LogP contribution is 2.24. The first kappa shape index (κ1) is 20.9. The number of rotatable bonds is 13. The summed E-state index contributed by atoms with van der Waals surface area (Å²) in [6, 6.07) is 4.45. The van der Waals surface area contributed by atoms with Gasteiger partial charge in [0.05, 0.1) is 13.2 Å². The third-order valence-corrected chi connectivity index (χ3v) is 3.84. The van der Waals surface area contributed by atoms with E-state index in [4.69, 9.17) is 43.5 Å². The van der Waals surface area contributed by atoms with E-state index in [1.54, 1.807) is 18.2 Å². The van der Waals surface area contributed by atoms with Crippen LogP contribution in [-0.4, -0.2) is 42.1 Å². The van der Waals surface area contributed by atoms with Crippen molar-refractivity contribution in [3.05, 3.63) is 23.8 Å². The lowest BCUT2D eigenvalue weighted by Crippen LogP contribution is -2.32. The van der Waals surface area contributed by atoms with Crippen LogP contribution in [0.25, 0.3) is 0 Å². The molecule has 0 aliphatic heterocycles. The molecule has 1 aromatic rings. The zero-order valence-corrected chi connectivity index (χ0v) is 15.2. The van der Waals surface area contributed by atoms with Gasteiger partial charge >= 0.3 is 5.97 Å². The molecule has 24 heavy (non-hydrogen) atoms. The molecule has 0 radical (unpaired) electrons. The van der Waals surface area contributed by atoms with Gasteiger partial charge in [-0.15, -0.1) is 23.2 Å². The van der Waals surface area contributed by atoms with Crippen molar-refractivity contribution in [2.24, 2.45) is 5.73 Å². The van der Waals surface area contributed by atoms with E-state index in [-0.39, 0.29) is 6.42 Å². The molecule has 1 aromatic carbocycles. The normalized spacial score (nSPS) is 12.0. The molecule has 5 nitrogen and oxygen atoms in total. The van der Waals surface area contributed by atoms with E-state index in [0.717, 1.165) is 31.2 Å². The number of halogens is 2. The summed E-state index contributed by atoms with van der Waals surface area (Å²) in [5.41, 5.74) is 6.39. The van der Waals surface area contributed by atoms with Crippen LogP contribution in [0.5, 0.6) is 11.5 Å². The van der Waals surface area contributed by atoms with Crippen LogP contribution in [0.3, 0.4) is 0 Å². The molecule has 0 heterocycles. The summed E-state index contributed by atoms with van der Waals surface area (Å²) >= 11 is 11.3. The lowest BCUT2D eigenvalue weighted by atomic mass is 10.1. The molecule has 1 rings (SSSR count). The molecule has 0 aromatic heterocycles. The molecular formula is C17H25Cl2NO4. The van der Waals surface area contributed by atoms with Gasteiger partial charge in [0.25, 0.3) is 0 Å². The van der Waals surface area contributed by atoms with Gasteiger partial charge in [0, 0.05) is 17.8 Å². The standard InChI is InChI=1S/C17H25Cl2NO4/c18-5-1-3-7-23-14-9-13(11-16(20)17(21)22)10-15(12-14)24-8-4-2-6-19/h9-10,12,16H,1-8,11,20H2,(H,21,22)/t16-/m0/s1. The van der Waals surface area contributed by atoms with Crippen molar-refractivity contribution in [1.29, 1.82) is 0 Å². The fourth-order valence-corrected chi connectivity index (χ4v) is 2.41. The maximum Gasteiger partial charge on any atom is 0.320 e. The summed E-state index contributed by atoms with van der Waals surface area (Å²) in [4.78, 5) is 10.9. The monoisotopic (exact) mass is 377 g/mol. The largest absolute Gasteiger partial charge is 0.493 e. The molecule has 0 aliphatic carbocycles. The number of nitrogens with two attached hydrogens (primary N) is 1. The number of ether oxygens (including phenoxy) is 2. The topological polar surface area (TPSA) is 81.8 Å². The third kappa shape index (κ3) is 8.62. The Bertz CT molecular complexity index is 469. The maximum atomic E-state index is 10.9. The molecule has 0 spiro atoms. The summed E-state index contributed by atoms with van der Waals surface area (Å²) in [7, 11) is 0. The summed E-state index contributed by atoms with van der Waals surface area (Å²) in [5, 5.41) is 8.97. The Balaban J connectivity index is 2.73. The first-order valence-electron chi connectivity index (χ1n) is 8.06. The van der Waals surface area contributed by atoms with E-state index in [2.05, 4.69) is 0 Å². The Morgan fingerprint density at radius 1 is 1.00 bits per heavy atom. The Labute approximate surface area is 153 Å². The fourth-order valence-electron chi connectivity index (χ4n) is 2.03. The summed E-state index contributed by atoms with van der Waals surface area (Å²) < 4.78 is 11.4. The van der Waals surface area contributed by atoms with Crippen LogP contribution in [0.4, 0.5) is 0 Å². The minimum Gasteiger partial charge on any atom is -0.493 e. The maximum absolute atomic E-state index is 10.9. The van der Waals surface area contributed by atoms with Gasteiger partial charge in [-0.2, -0.15) is 0 Å². The van der Waals surface area contributed by atoms with E-state index >= 15 is 0 Å². The van der Waals surface area contributed by atoms with Crippen molar-refractivity contribution >= 4 is 29.2 Å². The quantitative estimate of drug-likeness (QED) is 0.406. The molecule has 0 fully saturated rings. The lowest BCUT2D eigenvalue weighted by Gasteiger charge is -2.13. The molecule has 0 aliphatic rings. The number of aliphatic carboxylic acids is 1. The minimum absolute atomic E-state index is 0.215. The van der Waals surface area contributed by atoms with Crippen LogP contribution < -0.4 is 15.2 Å². The van der Waals surface area contributed by atoms with Gasteiger partial charge in [-0.05, 0) is 49.8 Å². The van der Waals surface area contributed by atoms with Crippen LogP contribution in [0.2, 0.25) is 0 Å². The van der Waals surface area contributed by atoms with Gasteiger partial charge in [-0.25, -0.2) is 0 Å². The van der Waals surface area contributed by atoms with E-state index in [1.807, 2.05) is 0 Å². The molecule has 1 atom stereocenters. The Morgan fingerprint density at radius 2 is 1.50 bits per heavy atom. The van der Waals surface area contributed by atoms with Crippen molar-refractivity contribution < 1.29 is 19.4 Å². The molecule has 0 saturated heterocycles. The first-order chi connectivity index (χ1) is 11.6. The zero-order valence-electron chi connectivity index (χ0n) is 13.7. The van der Waals surface area contributed by atoms with Crippen molar-refractivity contribution in [3.63, 3.8) is 0 Å². The van der Waals surface area contributed by atoms with E-state index in [0.29, 0.717) is 36.5 Å². The average molecular weight is 378 g/mol. The van der Waals surface area contributed by atoms with Crippen LogP contribution in [0.15, 0.2) is 18.2 Å². The number of hydrogen-bond donors (Lipinski definition) is 2. The molecule has 0 unspecified atom stereocenters. The number of hydrogen-bond acceptors (Lipinski definition) is 4. The van der Waals surface area contributed by atoms with Gasteiger partial charge in [0.15, 0.2) is 0 Å². The van der Waals surface area contributed by atoms with Gasteiger partial charge in [0.1, 0.15) is 17.5 Å². The summed E-state index contributed by atoms with van der Waals surface area (Å²) in [6.45, 7) is 1.10. The van der Waals surface area contributed by atoms with Crippen molar-refractivity contribution in [2.75, 3.05) is 25.0 Å². The second-order valence-corrected chi connectivity index (χ2v) is 6.21. The minimum atomic E-state index is -1.03. The smallest absolute Gasteiger partial charge is 0.320 e. The fraction of sp³-hybridized carbons (Fsp3) is 0.588. The van der Waals surface area contributed by atoms with Gasteiger partial charge in [-0.1, -0.05) is 0 Å². The highest BCUT2D eigenvalue weighted by Gasteiger charge is 2.14. The molecule has 0 amide bonds. The van der Waals surface area contributed by atoms with Crippen LogP contribution in [-0.2, 0) is 11.2 Å². The number of carbonyl (C=O) groups is 1. The van der Waals surface area contributed by atoms with Crippen molar-refractivity contribution in [2.45, 2.75) is 38.1 Å². The third-order valence-electron chi connectivity index (χ3n) is 3.31. The van der Waals surface area contributed by atoms with Gasteiger partial charge in [0.2, 0.25) is 0 Å². The molecule has 3 N–H and O–H groups in total. The molecule has 0 bridgehead atoms.